The molecule has 0 saturated heterocycles. The zero-order valence-electron chi connectivity index (χ0n) is 10.00. The van der Waals surface area contributed by atoms with Crippen LogP contribution >= 0.6 is 0 Å². The Kier molecular flexibility index (Phi) is 9.59. The van der Waals surface area contributed by atoms with Crippen LogP contribution in [0.4, 0.5) is 0 Å². The number of hydrogen-bond donors (Lipinski definition) is 1. The lowest BCUT2D eigenvalue weighted by atomic mass is 10.1. The summed E-state index contributed by atoms with van der Waals surface area (Å²) in [6, 6.07) is 0. The maximum Gasteiger partial charge on any atom is 0.305 e. The average molecular weight is 216 g/mol. The van der Waals surface area contributed by atoms with Gasteiger partial charge < -0.3 is 9.84 Å². The summed E-state index contributed by atoms with van der Waals surface area (Å²) in [6.07, 6.45) is 5.91. The van der Waals surface area contributed by atoms with Crippen LogP contribution in [0.3, 0.4) is 0 Å². The van der Waals surface area contributed by atoms with E-state index in [0.717, 1.165) is 19.3 Å². The summed E-state index contributed by atoms with van der Waals surface area (Å²) in [5, 5.41) is 9.57. The predicted octanol–water partition coefficient (Wildman–Crippen LogP) is 2.66. The van der Waals surface area contributed by atoms with E-state index in [0.29, 0.717) is 19.4 Å². The third-order valence-corrected chi connectivity index (χ3v) is 2.36. The van der Waals surface area contributed by atoms with Gasteiger partial charge in [-0.15, -0.1) is 0 Å². The van der Waals surface area contributed by atoms with Crippen LogP contribution in [0, 0.1) is 0 Å². The molecule has 0 saturated carbocycles. The molecule has 0 aromatic heterocycles. The topological polar surface area (TPSA) is 46.5 Å². The van der Waals surface area contributed by atoms with Gasteiger partial charge in [-0.25, -0.2) is 0 Å². The van der Waals surface area contributed by atoms with Crippen molar-refractivity contribution in [3.63, 3.8) is 0 Å². The minimum Gasteiger partial charge on any atom is -0.466 e. The van der Waals surface area contributed by atoms with Crippen LogP contribution in [0.2, 0.25) is 0 Å². The van der Waals surface area contributed by atoms with E-state index in [1.54, 1.807) is 6.92 Å². The summed E-state index contributed by atoms with van der Waals surface area (Å²) in [5.74, 6) is -0.154. The lowest BCUT2D eigenvalue weighted by Gasteiger charge is -2.09. The fourth-order valence-corrected chi connectivity index (χ4v) is 1.49. The second-order valence-electron chi connectivity index (χ2n) is 3.85. The van der Waals surface area contributed by atoms with E-state index in [-0.39, 0.29) is 12.1 Å². The number of unbranched alkanes of at least 4 members (excludes halogenated alkanes) is 2. The maximum atomic E-state index is 11.0. The number of aliphatic hydroxyl groups is 1. The summed E-state index contributed by atoms with van der Waals surface area (Å²) in [6.45, 7) is 4.39. The van der Waals surface area contributed by atoms with Gasteiger partial charge in [0.25, 0.3) is 0 Å². The molecule has 90 valence electrons. The SMILES string of the molecule is CCCCC[C@H](O)CCCC(=O)OCC. The van der Waals surface area contributed by atoms with Crippen molar-refractivity contribution in [3.8, 4) is 0 Å². The Morgan fingerprint density at radius 3 is 2.47 bits per heavy atom. The molecular weight excluding hydrogens is 192 g/mol. The molecule has 0 aliphatic carbocycles. The molecular formula is C12H24O3. The van der Waals surface area contributed by atoms with Gasteiger partial charge in [-0.3, -0.25) is 4.79 Å². The highest BCUT2D eigenvalue weighted by Gasteiger charge is 2.06. The van der Waals surface area contributed by atoms with Crippen LogP contribution in [-0.4, -0.2) is 23.8 Å². The maximum absolute atomic E-state index is 11.0. The number of hydrogen-bond acceptors (Lipinski definition) is 3. The van der Waals surface area contributed by atoms with Gasteiger partial charge >= 0.3 is 5.97 Å². The van der Waals surface area contributed by atoms with Gasteiger partial charge in [0.15, 0.2) is 0 Å². The van der Waals surface area contributed by atoms with Crippen LogP contribution in [-0.2, 0) is 9.53 Å². The summed E-state index contributed by atoms with van der Waals surface area (Å²) in [7, 11) is 0. The molecule has 0 amide bonds. The van der Waals surface area contributed by atoms with Crippen molar-refractivity contribution in [1.82, 2.24) is 0 Å². The first-order valence-corrected chi connectivity index (χ1v) is 6.04. The highest BCUT2D eigenvalue weighted by molar-refractivity contribution is 5.69. The predicted molar refractivity (Wildman–Crippen MR) is 60.6 cm³/mol. The number of carbonyl (C=O) groups is 1. The first kappa shape index (κ1) is 14.4. The molecule has 0 aromatic rings. The third-order valence-electron chi connectivity index (χ3n) is 2.36. The quantitative estimate of drug-likeness (QED) is 0.476. The fraction of sp³-hybridized carbons (Fsp3) is 0.917. The Labute approximate surface area is 92.8 Å². The van der Waals surface area contributed by atoms with Crippen LogP contribution in [0.15, 0.2) is 0 Å². The first-order chi connectivity index (χ1) is 7.20. The smallest absolute Gasteiger partial charge is 0.305 e. The Morgan fingerprint density at radius 1 is 1.20 bits per heavy atom. The number of carbonyl (C=O) groups excluding carboxylic acids is 1. The van der Waals surface area contributed by atoms with Gasteiger partial charge in [0, 0.05) is 6.42 Å². The minimum absolute atomic E-state index is 0.154. The first-order valence-electron chi connectivity index (χ1n) is 6.04. The van der Waals surface area contributed by atoms with E-state index in [9.17, 15) is 9.90 Å². The van der Waals surface area contributed by atoms with Gasteiger partial charge in [0.2, 0.25) is 0 Å². The third kappa shape index (κ3) is 9.73. The Bertz CT molecular complexity index is 157. The Hall–Kier alpha value is -0.570. The van der Waals surface area contributed by atoms with Crippen molar-refractivity contribution >= 4 is 5.97 Å². The normalized spacial score (nSPS) is 12.5. The molecule has 0 bridgehead atoms. The highest BCUT2D eigenvalue weighted by Crippen LogP contribution is 2.09. The van der Waals surface area contributed by atoms with Crippen molar-refractivity contribution in [2.75, 3.05) is 6.61 Å². The molecule has 0 spiro atoms. The second-order valence-corrected chi connectivity index (χ2v) is 3.85. The molecule has 3 nitrogen and oxygen atoms in total. The van der Waals surface area contributed by atoms with E-state index in [2.05, 4.69) is 6.92 Å². The van der Waals surface area contributed by atoms with Crippen LogP contribution < -0.4 is 0 Å². The fourth-order valence-electron chi connectivity index (χ4n) is 1.49. The average Bonchev–Trinajstić information content (AvgIpc) is 2.18. The minimum atomic E-state index is -0.244. The van der Waals surface area contributed by atoms with E-state index < -0.39 is 0 Å². The summed E-state index contributed by atoms with van der Waals surface area (Å²) in [4.78, 5) is 11.0. The summed E-state index contributed by atoms with van der Waals surface area (Å²) < 4.78 is 4.80. The zero-order valence-corrected chi connectivity index (χ0v) is 10.00. The number of esters is 1. The van der Waals surface area contributed by atoms with Crippen LogP contribution in [0.25, 0.3) is 0 Å². The molecule has 0 aromatic carbocycles. The molecule has 1 atom stereocenters. The molecule has 0 aliphatic heterocycles. The van der Waals surface area contributed by atoms with Crippen molar-refractivity contribution < 1.29 is 14.6 Å². The van der Waals surface area contributed by atoms with E-state index in [1.165, 1.54) is 12.8 Å². The van der Waals surface area contributed by atoms with Gasteiger partial charge in [0.05, 0.1) is 12.7 Å². The largest absolute Gasteiger partial charge is 0.466 e. The number of rotatable bonds is 9. The lowest BCUT2D eigenvalue weighted by molar-refractivity contribution is -0.143. The molecule has 0 aliphatic rings. The van der Waals surface area contributed by atoms with Crippen molar-refractivity contribution in [2.24, 2.45) is 0 Å². The van der Waals surface area contributed by atoms with Gasteiger partial charge in [0.1, 0.15) is 0 Å². The molecule has 15 heavy (non-hydrogen) atoms. The molecule has 0 radical (unpaired) electrons. The van der Waals surface area contributed by atoms with E-state index in [1.807, 2.05) is 0 Å². The van der Waals surface area contributed by atoms with Crippen LogP contribution in [0.5, 0.6) is 0 Å². The molecule has 0 unspecified atom stereocenters. The summed E-state index contributed by atoms with van der Waals surface area (Å²) in [5.41, 5.74) is 0. The number of aliphatic hydroxyl groups excluding tert-OH is 1. The standard InChI is InChI=1S/C12H24O3/c1-3-5-6-8-11(13)9-7-10-12(14)15-4-2/h11,13H,3-10H2,1-2H3/t11-/m0/s1. The highest BCUT2D eigenvalue weighted by atomic mass is 16.5. The van der Waals surface area contributed by atoms with Crippen molar-refractivity contribution in [1.29, 1.82) is 0 Å². The van der Waals surface area contributed by atoms with Gasteiger partial charge in [-0.05, 0) is 26.2 Å². The van der Waals surface area contributed by atoms with Crippen molar-refractivity contribution in [2.45, 2.75) is 64.9 Å². The Morgan fingerprint density at radius 2 is 1.87 bits per heavy atom. The van der Waals surface area contributed by atoms with Gasteiger partial charge in [-0.2, -0.15) is 0 Å². The lowest BCUT2D eigenvalue weighted by Crippen LogP contribution is -2.09. The van der Waals surface area contributed by atoms with Crippen molar-refractivity contribution in [3.05, 3.63) is 0 Å². The molecule has 0 rings (SSSR count). The monoisotopic (exact) mass is 216 g/mol. The molecule has 1 N–H and O–H groups in total. The van der Waals surface area contributed by atoms with E-state index >= 15 is 0 Å². The van der Waals surface area contributed by atoms with Crippen LogP contribution in [0.1, 0.15) is 58.8 Å². The van der Waals surface area contributed by atoms with Gasteiger partial charge in [-0.1, -0.05) is 26.2 Å². The Balaban J connectivity index is 3.30. The molecule has 0 heterocycles. The molecule has 0 fully saturated rings. The number of ether oxygens (including phenoxy) is 1. The zero-order chi connectivity index (χ0) is 11.5. The molecule has 3 heteroatoms. The summed E-state index contributed by atoms with van der Waals surface area (Å²) >= 11 is 0. The van der Waals surface area contributed by atoms with E-state index in [4.69, 9.17) is 4.74 Å². The second kappa shape index (κ2) is 9.97.